The van der Waals surface area contributed by atoms with Gasteiger partial charge in [0, 0.05) is 36.5 Å². The summed E-state index contributed by atoms with van der Waals surface area (Å²) in [6.07, 6.45) is 1.34. The van der Waals surface area contributed by atoms with Gasteiger partial charge in [-0.1, -0.05) is 36.4 Å². The van der Waals surface area contributed by atoms with Crippen LogP contribution in [-0.4, -0.2) is 36.0 Å². The number of para-hydroxylation sites is 2. The normalized spacial score (nSPS) is 18.7. The number of carbonyl (C=O) groups excluding carboxylic acids is 1. The number of primary amides is 1. The summed E-state index contributed by atoms with van der Waals surface area (Å²) in [6, 6.07) is 17.6. The predicted octanol–water partition coefficient (Wildman–Crippen LogP) is 4.63. The van der Waals surface area contributed by atoms with Crippen molar-refractivity contribution in [3.05, 3.63) is 59.7 Å². The molecule has 0 saturated heterocycles. The van der Waals surface area contributed by atoms with E-state index in [4.69, 9.17) is 5.73 Å². The van der Waals surface area contributed by atoms with Gasteiger partial charge in [-0.25, -0.2) is 0 Å². The van der Waals surface area contributed by atoms with Crippen molar-refractivity contribution in [3.8, 4) is 0 Å². The molecule has 0 radical (unpaired) electrons. The van der Waals surface area contributed by atoms with Gasteiger partial charge in [-0.3, -0.25) is 9.69 Å². The molecule has 1 amide bonds. The molecule has 0 bridgehead atoms. The van der Waals surface area contributed by atoms with Crippen molar-refractivity contribution in [2.75, 3.05) is 18.0 Å². The van der Waals surface area contributed by atoms with Gasteiger partial charge in [0.25, 0.3) is 0 Å². The third-order valence-electron chi connectivity index (χ3n) is 6.40. The van der Waals surface area contributed by atoms with Crippen LogP contribution in [0, 0.1) is 0 Å². The lowest BCUT2D eigenvalue weighted by Crippen LogP contribution is -2.47. The summed E-state index contributed by atoms with van der Waals surface area (Å²) < 4.78 is 0. The Bertz CT molecular complexity index is 853. The van der Waals surface area contributed by atoms with Crippen LogP contribution in [-0.2, 0) is 16.6 Å². The fraction of sp³-hybridized carbons (Fsp3) is 0.480. The number of hydrogen-bond donors (Lipinski definition) is 1. The third kappa shape index (κ3) is 3.91. The maximum Gasteiger partial charge on any atom is 0.228 e. The van der Waals surface area contributed by atoms with Gasteiger partial charge in [0.15, 0.2) is 0 Å². The molecule has 1 heterocycles. The first-order valence-electron chi connectivity index (χ1n) is 10.8. The first-order chi connectivity index (χ1) is 13.8. The summed E-state index contributed by atoms with van der Waals surface area (Å²) in [6.45, 7) is 12.7. The van der Waals surface area contributed by atoms with Crippen molar-refractivity contribution in [1.29, 1.82) is 0 Å². The molecule has 0 aromatic heterocycles. The molecule has 156 valence electrons. The van der Waals surface area contributed by atoms with E-state index in [1.165, 1.54) is 11.3 Å². The van der Waals surface area contributed by atoms with E-state index in [0.29, 0.717) is 24.9 Å². The fourth-order valence-corrected chi connectivity index (χ4v) is 4.93. The summed E-state index contributed by atoms with van der Waals surface area (Å²) in [7, 11) is 0. The van der Waals surface area contributed by atoms with Gasteiger partial charge in [0.05, 0.1) is 5.41 Å². The van der Waals surface area contributed by atoms with E-state index in [1.807, 2.05) is 6.07 Å². The van der Waals surface area contributed by atoms with E-state index >= 15 is 0 Å². The lowest BCUT2D eigenvalue weighted by atomic mass is 9.72. The summed E-state index contributed by atoms with van der Waals surface area (Å²) in [5, 5.41) is 0. The Hall–Kier alpha value is -2.33. The third-order valence-corrected chi connectivity index (χ3v) is 6.40. The molecular weight excluding hydrogens is 358 g/mol. The molecule has 1 aliphatic rings. The van der Waals surface area contributed by atoms with Gasteiger partial charge < -0.3 is 10.6 Å². The minimum Gasteiger partial charge on any atom is -0.369 e. The molecule has 2 aromatic carbocycles. The van der Waals surface area contributed by atoms with Gasteiger partial charge >= 0.3 is 0 Å². The molecule has 0 spiro atoms. The van der Waals surface area contributed by atoms with E-state index < -0.39 is 5.41 Å². The highest BCUT2D eigenvalue weighted by molar-refractivity contribution is 5.91. The maximum atomic E-state index is 13.1. The molecule has 1 atom stereocenters. The summed E-state index contributed by atoms with van der Waals surface area (Å²) in [4.78, 5) is 17.9. The summed E-state index contributed by atoms with van der Waals surface area (Å²) >= 11 is 0. The fourth-order valence-electron chi connectivity index (χ4n) is 4.93. The van der Waals surface area contributed by atoms with E-state index in [1.54, 1.807) is 0 Å². The Morgan fingerprint density at radius 2 is 1.62 bits per heavy atom. The van der Waals surface area contributed by atoms with Gasteiger partial charge in [0.2, 0.25) is 5.91 Å². The van der Waals surface area contributed by atoms with Crippen molar-refractivity contribution in [2.45, 2.75) is 65.0 Å². The molecular formula is C25H35N3O. The molecule has 2 aromatic rings. The quantitative estimate of drug-likeness (QED) is 0.746. The van der Waals surface area contributed by atoms with E-state index in [2.05, 4.69) is 86.9 Å². The van der Waals surface area contributed by atoms with Crippen LogP contribution in [0.5, 0.6) is 0 Å². The number of anilines is 2. The van der Waals surface area contributed by atoms with E-state index in [0.717, 1.165) is 24.3 Å². The second kappa shape index (κ2) is 8.58. The van der Waals surface area contributed by atoms with Crippen LogP contribution in [0.4, 0.5) is 11.4 Å². The second-order valence-electron chi connectivity index (χ2n) is 8.69. The maximum absolute atomic E-state index is 13.1. The Labute approximate surface area is 175 Å². The molecule has 4 nitrogen and oxygen atoms in total. The monoisotopic (exact) mass is 393 g/mol. The van der Waals surface area contributed by atoms with Gasteiger partial charge in [-0.15, -0.1) is 0 Å². The van der Waals surface area contributed by atoms with Crippen molar-refractivity contribution in [3.63, 3.8) is 0 Å². The molecule has 3 rings (SSSR count). The highest BCUT2D eigenvalue weighted by Gasteiger charge is 2.44. The molecule has 0 saturated carbocycles. The lowest BCUT2D eigenvalue weighted by Gasteiger charge is -2.37. The highest BCUT2D eigenvalue weighted by atomic mass is 16.1. The smallest absolute Gasteiger partial charge is 0.228 e. The summed E-state index contributed by atoms with van der Waals surface area (Å²) in [5.74, 6) is -0.231. The van der Waals surface area contributed by atoms with Crippen LogP contribution in [0.25, 0.3) is 0 Å². The highest BCUT2D eigenvalue weighted by Crippen LogP contribution is 2.45. The topological polar surface area (TPSA) is 49.6 Å². The number of amides is 1. The van der Waals surface area contributed by atoms with Gasteiger partial charge in [0.1, 0.15) is 0 Å². The molecule has 4 heteroatoms. The number of carbonyl (C=O) groups is 1. The Morgan fingerprint density at radius 3 is 2.21 bits per heavy atom. The minimum absolute atomic E-state index is 0.231. The average Bonchev–Trinajstić information content (AvgIpc) is 2.80. The Balaban J connectivity index is 2.16. The number of nitrogens with two attached hydrogens (primary N) is 1. The molecule has 29 heavy (non-hydrogen) atoms. The van der Waals surface area contributed by atoms with Crippen molar-refractivity contribution in [2.24, 2.45) is 5.73 Å². The molecule has 0 unspecified atom stereocenters. The number of nitrogens with zero attached hydrogens (tertiary/aromatic N) is 2. The molecule has 0 fully saturated rings. The van der Waals surface area contributed by atoms with Crippen LogP contribution in [0.15, 0.2) is 48.5 Å². The van der Waals surface area contributed by atoms with Crippen LogP contribution in [0.1, 0.15) is 52.2 Å². The Morgan fingerprint density at radius 1 is 1.03 bits per heavy atom. The predicted molar refractivity (Wildman–Crippen MR) is 122 cm³/mol. The van der Waals surface area contributed by atoms with Crippen LogP contribution >= 0.6 is 0 Å². The number of benzene rings is 2. The second-order valence-corrected chi connectivity index (χ2v) is 8.69. The van der Waals surface area contributed by atoms with Gasteiger partial charge in [-0.2, -0.15) is 0 Å². The van der Waals surface area contributed by atoms with Gasteiger partial charge in [-0.05, 0) is 70.7 Å². The SMILES string of the molecule is CCN1c2ccccc2C[C@@](CCN(C(C)C)C(C)C)(C(N)=O)c2ccccc21. The van der Waals surface area contributed by atoms with Crippen LogP contribution in [0.2, 0.25) is 0 Å². The zero-order chi connectivity index (χ0) is 21.2. The van der Waals surface area contributed by atoms with Crippen molar-refractivity contribution in [1.82, 2.24) is 4.90 Å². The van der Waals surface area contributed by atoms with Crippen LogP contribution in [0.3, 0.4) is 0 Å². The first-order valence-corrected chi connectivity index (χ1v) is 10.8. The zero-order valence-corrected chi connectivity index (χ0v) is 18.5. The standard InChI is InChI=1S/C25H35N3O/c1-6-27-22-13-9-7-11-20(22)17-25(24(26)29,21-12-8-10-14-23(21)27)15-16-28(18(2)3)19(4)5/h7-14,18-19H,6,15-17H2,1-5H3,(H2,26,29)/t25-/m1/s1. The molecule has 2 N–H and O–H groups in total. The van der Waals surface area contributed by atoms with E-state index in [-0.39, 0.29) is 5.91 Å². The average molecular weight is 394 g/mol. The minimum atomic E-state index is -0.724. The largest absolute Gasteiger partial charge is 0.369 e. The number of hydrogen-bond acceptors (Lipinski definition) is 3. The molecule has 0 aliphatic carbocycles. The van der Waals surface area contributed by atoms with Crippen LogP contribution < -0.4 is 10.6 Å². The summed E-state index contributed by atoms with van der Waals surface area (Å²) in [5.41, 5.74) is 9.98. The molecule has 1 aliphatic heterocycles. The van der Waals surface area contributed by atoms with E-state index in [9.17, 15) is 4.79 Å². The number of fused-ring (bicyclic) bond motifs is 2. The van der Waals surface area contributed by atoms with Crippen molar-refractivity contribution < 1.29 is 4.79 Å². The van der Waals surface area contributed by atoms with Crippen molar-refractivity contribution >= 4 is 17.3 Å². The Kier molecular flexibility index (Phi) is 6.33. The lowest BCUT2D eigenvalue weighted by molar-refractivity contribution is -0.124. The first kappa shape index (κ1) is 21.4. The zero-order valence-electron chi connectivity index (χ0n) is 18.5. The number of rotatable bonds is 7.